The third-order valence-corrected chi connectivity index (χ3v) is 4.79. The van der Waals surface area contributed by atoms with Gasteiger partial charge in [-0.1, -0.05) is 25.7 Å². The largest absolute Gasteiger partial charge is 0.326 e. The summed E-state index contributed by atoms with van der Waals surface area (Å²) in [7, 11) is 0. The van der Waals surface area contributed by atoms with Gasteiger partial charge in [0.1, 0.15) is 0 Å². The van der Waals surface area contributed by atoms with Crippen LogP contribution in [0.2, 0.25) is 0 Å². The van der Waals surface area contributed by atoms with Gasteiger partial charge in [0.25, 0.3) is 0 Å². The van der Waals surface area contributed by atoms with Crippen LogP contribution in [-0.2, 0) is 4.79 Å². The fourth-order valence-corrected chi connectivity index (χ4v) is 3.58. The molecule has 3 fully saturated rings. The van der Waals surface area contributed by atoms with Gasteiger partial charge in [-0.25, -0.2) is 0 Å². The summed E-state index contributed by atoms with van der Waals surface area (Å²) >= 11 is 0. The maximum Gasteiger partial charge on any atom is 0.244 e. The Bertz CT molecular complexity index is 305. The molecule has 3 heteroatoms. The van der Waals surface area contributed by atoms with Gasteiger partial charge in [-0.15, -0.1) is 0 Å². The molecular weight excluding hydrogens is 212 g/mol. The summed E-state index contributed by atoms with van der Waals surface area (Å²) in [5.41, 5.74) is -0.168. The van der Waals surface area contributed by atoms with Crippen LogP contribution in [0.4, 0.5) is 0 Å². The van der Waals surface area contributed by atoms with Crippen molar-refractivity contribution in [3.8, 4) is 0 Å². The third kappa shape index (κ3) is 2.10. The van der Waals surface area contributed by atoms with E-state index in [1.807, 2.05) is 0 Å². The molecule has 1 amide bonds. The van der Waals surface area contributed by atoms with E-state index in [9.17, 15) is 4.79 Å². The highest BCUT2D eigenvalue weighted by Gasteiger charge is 2.50. The Hall–Kier alpha value is -0.570. The Morgan fingerprint density at radius 1 is 1.35 bits per heavy atom. The number of hydrogen-bond donors (Lipinski definition) is 1. The van der Waals surface area contributed by atoms with Gasteiger partial charge >= 0.3 is 0 Å². The van der Waals surface area contributed by atoms with Crippen LogP contribution >= 0.6 is 0 Å². The van der Waals surface area contributed by atoms with E-state index in [0.29, 0.717) is 5.91 Å². The van der Waals surface area contributed by atoms with Crippen LogP contribution in [0.5, 0.6) is 0 Å². The van der Waals surface area contributed by atoms with E-state index in [1.165, 1.54) is 38.5 Å². The standard InChI is InChI=1S/C14H24N2O/c1-11-15-14(8-2-3-9-14)13(17)16(11)10-4-5-12-6-7-12/h11-12,15H,2-10H2,1H3. The van der Waals surface area contributed by atoms with E-state index in [1.54, 1.807) is 0 Å². The molecule has 1 heterocycles. The van der Waals surface area contributed by atoms with E-state index in [0.717, 1.165) is 25.3 Å². The van der Waals surface area contributed by atoms with E-state index < -0.39 is 0 Å². The quantitative estimate of drug-likeness (QED) is 0.812. The lowest BCUT2D eigenvalue weighted by Crippen LogP contribution is -2.44. The zero-order valence-electron chi connectivity index (χ0n) is 10.9. The number of carbonyl (C=O) groups is 1. The van der Waals surface area contributed by atoms with Gasteiger partial charge in [0.05, 0.1) is 11.7 Å². The van der Waals surface area contributed by atoms with E-state index >= 15 is 0 Å². The molecule has 2 aliphatic carbocycles. The molecule has 1 aliphatic heterocycles. The van der Waals surface area contributed by atoms with Crippen molar-refractivity contribution in [3.05, 3.63) is 0 Å². The zero-order chi connectivity index (χ0) is 11.9. The van der Waals surface area contributed by atoms with Gasteiger partial charge in [0.15, 0.2) is 0 Å². The first-order valence-electron chi connectivity index (χ1n) is 7.30. The molecule has 1 saturated heterocycles. The Balaban J connectivity index is 1.57. The lowest BCUT2D eigenvalue weighted by Gasteiger charge is -2.22. The monoisotopic (exact) mass is 236 g/mol. The second-order valence-corrected chi connectivity index (χ2v) is 6.19. The number of nitrogens with one attached hydrogen (secondary N) is 1. The lowest BCUT2D eigenvalue weighted by molar-refractivity contribution is -0.133. The molecule has 1 unspecified atom stereocenters. The Kier molecular flexibility index (Phi) is 2.89. The fourth-order valence-electron chi connectivity index (χ4n) is 3.58. The topological polar surface area (TPSA) is 32.3 Å². The van der Waals surface area contributed by atoms with Crippen LogP contribution in [0, 0.1) is 5.92 Å². The molecule has 1 N–H and O–H groups in total. The predicted octanol–water partition coefficient (Wildman–Crippen LogP) is 2.27. The molecule has 0 radical (unpaired) electrons. The predicted molar refractivity (Wildman–Crippen MR) is 67.5 cm³/mol. The number of amides is 1. The van der Waals surface area contributed by atoms with E-state index in [2.05, 4.69) is 17.1 Å². The highest BCUT2D eigenvalue weighted by Crippen LogP contribution is 2.37. The Morgan fingerprint density at radius 2 is 2.06 bits per heavy atom. The van der Waals surface area contributed by atoms with Gasteiger partial charge in [-0.2, -0.15) is 0 Å². The highest BCUT2D eigenvalue weighted by molar-refractivity contribution is 5.89. The highest BCUT2D eigenvalue weighted by atomic mass is 16.2. The van der Waals surface area contributed by atoms with Crippen LogP contribution in [0.15, 0.2) is 0 Å². The first kappa shape index (κ1) is 11.5. The number of nitrogens with zero attached hydrogens (tertiary/aromatic N) is 1. The molecule has 96 valence electrons. The van der Waals surface area contributed by atoms with Gasteiger partial charge in [-0.3, -0.25) is 10.1 Å². The minimum absolute atomic E-state index is 0.168. The van der Waals surface area contributed by atoms with Crippen LogP contribution in [0.25, 0.3) is 0 Å². The van der Waals surface area contributed by atoms with Gasteiger partial charge in [0.2, 0.25) is 5.91 Å². The molecule has 0 aromatic rings. The van der Waals surface area contributed by atoms with Gasteiger partial charge in [0, 0.05) is 6.54 Å². The molecule has 1 atom stereocenters. The molecule has 0 aromatic heterocycles. The summed E-state index contributed by atoms with van der Waals surface area (Å²) in [6.45, 7) is 3.10. The minimum Gasteiger partial charge on any atom is -0.326 e. The Labute approximate surface area is 104 Å². The number of hydrogen-bond acceptors (Lipinski definition) is 2. The van der Waals surface area contributed by atoms with Gasteiger partial charge < -0.3 is 4.90 Å². The van der Waals surface area contributed by atoms with Crippen molar-refractivity contribution in [2.75, 3.05) is 6.54 Å². The first-order chi connectivity index (χ1) is 8.21. The van der Waals surface area contributed by atoms with Crippen molar-refractivity contribution >= 4 is 5.91 Å². The zero-order valence-corrected chi connectivity index (χ0v) is 10.9. The summed E-state index contributed by atoms with van der Waals surface area (Å²) in [4.78, 5) is 14.6. The first-order valence-corrected chi connectivity index (χ1v) is 7.30. The van der Waals surface area contributed by atoms with Crippen LogP contribution < -0.4 is 5.32 Å². The van der Waals surface area contributed by atoms with Crippen LogP contribution in [0.1, 0.15) is 58.3 Å². The normalized spacial score (nSPS) is 31.7. The number of carbonyl (C=O) groups excluding carboxylic acids is 1. The second kappa shape index (κ2) is 4.27. The Morgan fingerprint density at radius 3 is 2.71 bits per heavy atom. The smallest absolute Gasteiger partial charge is 0.244 e. The molecule has 17 heavy (non-hydrogen) atoms. The van der Waals surface area contributed by atoms with Crippen LogP contribution in [-0.4, -0.2) is 29.1 Å². The van der Waals surface area contributed by atoms with Crippen molar-refractivity contribution < 1.29 is 4.79 Å². The van der Waals surface area contributed by atoms with E-state index in [-0.39, 0.29) is 11.7 Å². The summed E-state index contributed by atoms with van der Waals surface area (Å²) in [6, 6.07) is 0. The van der Waals surface area contributed by atoms with Crippen molar-refractivity contribution in [1.29, 1.82) is 0 Å². The molecule has 3 nitrogen and oxygen atoms in total. The summed E-state index contributed by atoms with van der Waals surface area (Å²) in [5.74, 6) is 1.37. The third-order valence-electron chi connectivity index (χ3n) is 4.79. The molecule has 1 spiro atoms. The minimum atomic E-state index is -0.168. The van der Waals surface area contributed by atoms with Crippen molar-refractivity contribution in [2.45, 2.75) is 70.0 Å². The summed E-state index contributed by atoms with van der Waals surface area (Å²) in [6.07, 6.45) is 10.1. The molecule has 3 rings (SSSR count). The fraction of sp³-hybridized carbons (Fsp3) is 0.929. The maximum absolute atomic E-state index is 12.5. The number of rotatable bonds is 4. The summed E-state index contributed by atoms with van der Waals surface area (Å²) < 4.78 is 0. The van der Waals surface area contributed by atoms with Crippen LogP contribution in [0.3, 0.4) is 0 Å². The molecule has 0 aromatic carbocycles. The average Bonchev–Trinajstić information content (AvgIpc) is 2.96. The molecule has 0 bridgehead atoms. The second-order valence-electron chi connectivity index (χ2n) is 6.19. The lowest BCUT2D eigenvalue weighted by atomic mass is 9.98. The average molecular weight is 236 g/mol. The van der Waals surface area contributed by atoms with Gasteiger partial charge in [-0.05, 0) is 38.5 Å². The van der Waals surface area contributed by atoms with Crippen molar-refractivity contribution in [1.82, 2.24) is 10.2 Å². The maximum atomic E-state index is 12.5. The van der Waals surface area contributed by atoms with Crippen molar-refractivity contribution in [3.63, 3.8) is 0 Å². The van der Waals surface area contributed by atoms with Crippen molar-refractivity contribution in [2.24, 2.45) is 5.92 Å². The molecule has 3 aliphatic rings. The molecular formula is C14H24N2O. The molecule has 2 saturated carbocycles. The van der Waals surface area contributed by atoms with E-state index in [4.69, 9.17) is 0 Å². The SMILES string of the molecule is CC1NC2(CCCC2)C(=O)N1CCCC1CC1. The summed E-state index contributed by atoms with van der Waals surface area (Å²) in [5, 5.41) is 3.56.